The number of Topliss-reactive ketones (excluding diaryl/α,β-unsaturated/α-hetero) is 1. The van der Waals surface area contributed by atoms with E-state index in [1.54, 1.807) is 13.3 Å². The fourth-order valence-electron chi connectivity index (χ4n) is 4.35. The van der Waals surface area contributed by atoms with Crippen molar-refractivity contribution in [2.75, 3.05) is 7.11 Å². The average molecular weight is 288 g/mol. The number of aryl methyl sites for hydroxylation is 1. The average Bonchev–Trinajstić information content (AvgIpc) is 3.03. The van der Waals surface area contributed by atoms with Gasteiger partial charge in [-0.2, -0.15) is 0 Å². The van der Waals surface area contributed by atoms with Crippen molar-refractivity contribution in [3.63, 3.8) is 0 Å². The largest absolute Gasteiger partial charge is 0.496 e. The summed E-state index contributed by atoms with van der Waals surface area (Å²) in [6.45, 7) is 3.94. The Morgan fingerprint density at radius 1 is 1.38 bits per heavy atom. The van der Waals surface area contributed by atoms with E-state index >= 15 is 0 Å². The van der Waals surface area contributed by atoms with Gasteiger partial charge in [-0.1, -0.05) is 0 Å². The van der Waals surface area contributed by atoms with Crippen molar-refractivity contribution in [3.8, 4) is 5.75 Å². The van der Waals surface area contributed by atoms with Crippen molar-refractivity contribution in [2.45, 2.75) is 45.6 Å². The molecule has 114 valence electrons. The molecule has 1 aromatic heterocycles. The van der Waals surface area contributed by atoms with Gasteiger partial charge in [-0.05, 0) is 44.9 Å². The normalized spacial score (nSPS) is 30.7. The second-order valence-electron chi connectivity index (χ2n) is 6.63. The van der Waals surface area contributed by atoms with E-state index in [4.69, 9.17) is 10.5 Å². The highest BCUT2D eigenvalue weighted by Gasteiger charge is 2.48. The molecule has 4 atom stereocenters. The maximum absolute atomic E-state index is 12.7. The molecule has 2 aliphatic rings. The Morgan fingerprint density at radius 2 is 2.10 bits per heavy atom. The van der Waals surface area contributed by atoms with Crippen LogP contribution in [-0.2, 0) is 11.2 Å². The number of ether oxygens (including phenoxy) is 1. The maximum atomic E-state index is 12.7. The number of methoxy groups -OCH3 is 1. The van der Waals surface area contributed by atoms with Crippen LogP contribution in [-0.4, -0.2) is 23.9 Å². The fourth-order valence-corrected chi connectivity index (χ4v) is 4.35. The summed E-state index contributed by atoms with van der Waals surface area (Å²) >= 11 is 0. The molecular weight excluding hydrogens is 264 g/mol. The number of rotatable bonds is 4. The molecule has 3 rings (SSSR count). The Kier molecular flexibility index (Phi) is 3.74. The van der Waals surface area contributed by atoms with Crippen LogP contribution >= 0.6 is 0 Å². The lowest BCUT2D eigenvalue weighted by Gasteiger charge is -2.27. The first-order chi connectivity index (χ1) is 10.0. The zero-order chi connectivity index (χ0) is 15.1. The molecule has 2 fully saturated rings. The van der Waals surface area contributed by atoms with Crippen molar-refractivity contribution in [3.05, 3.63) is 23.0 Å². The minimum absolute atomic E-state index is 0.0391. The van der Waals surface area contributed by atoms with Gasteiger partial charge in [0.1, 0.15) is 11.5 Å². The maximum Gasteiger partial charge on any atom is 0.143 e. The quantitative estimate of drug-likeness (QED) is 0.922. The number of carbonyl (C=O) groups excluding carboxylic acids is 1. The minimum Gasteiger partial charge on any atom is -0.496 e. The van der Waals surface area contributed by atoms with Gasteiger partial charge in [0.05, 0.1) is 12.8 Å². The van der Waals surface area contributed by atoms with Gasteiger partial charge >= 0.3 is 0 Å². The first kappa shape index (κ1) is 14.5. The second-order valence-corrected chi connectivity index (χ2v) is 6.63. The van der Waals surface area contributed by atoms with Crippen molar-refractivity contribution in [1.29, 1.82) is 0 Å². The minimum atomic E-state index is 0.0391. The summed E-state index contributed by atoms with van der Waals surface area (Å²) < 4.78 is 5.42. The van der Waals surface area contributed by atoms with Crippen molar-refractivity contribution in [2.24, 2.45) is 23.5 Å². The predicted octanol–water partition coefficient (Wildman–Crippen LogP) is 2.19. The number of pyridine rings is 1. The molecule has 0 spiro atoms. The molecule has 0 aliphatic heterocycles. The van der Waals surface area contributed by atoms with Crippen LogP contribution in [0, 0.1) is 31.6 Å². The molecule has 1 aromatic rings. The third kappa shape index (κ3) is 2.35. The number of hydrogen-bond donors (Lipinski definition) is 1. The fraction of sp³-hybridized carbons (Fsp3) is 0.647. The standard InChI is InChI=1S/C17H24N2O2/c1-9-8-19-13(10(2)17(9)21-3)7-14(20)15-11-4-5-12(6-11)16(15)18/h8,11-12,15-16H,4-7,18H2,1-3H3. The lowest BCUT2D eigenvalue weighted by Crippen LogP contribution is -2.41. The Hall–Kier alpha value is -1.42. The van der Waals surface area contributed by atoms with Gasteiger partial charge < -0.3 is 10.5 Å². The van der Waals surface area contributed by atoms with E-state index in [1.807, 2.05) is 13.8 Å². The first-order valence-corrected chi connectivity index (χ1v) is 7.80. The summed E-state index contributed by atoms with van der Waals surface area (Å²) in [6.07, 6.45) is 5.67. The van der Waals surface area contributed by atoms with E-state index in [-0.39, 0.29) is 17.7 Å². The smallest absolute Gasteiger partial charge is 0.143 e. The highest BCUT2D eigenvalue weighted by atomic mass is 16.5. The third-order valence-electron chi connectivity index (χ3n) is 5.44. The Labute approximate surface area is 126 Å². The van der Waals surface area contributed by atoms with Crippen LogP contribution in [0.15, 0.2) is 6.20 Å². The van der Waals surface area contributed by atoms with E-state index in [0.29, 0.717) is 18.3 Å². The second kappa shape index (κ2) is 5.41. The molecule has 2 aliphatic carbocycles. The van der Waals surface area contributed by atoms with E-state index in [9.17, 15) is 4.79 Å². The molecule has 2 bridgehead atoms. The predicted molar refractivity (Wildman–Crippen MR) is 81.3 cm³/mol. The number of hydrogen-bond acceptors (Lipinski definition) is 4. The van der Waals surface area contributed by atoms with Crippen LogP contribution < -0.4 is 10.5 Å². The van der Waals surface area contributed by atoms with Gasteiger partial charge in [-0.25, -0.2) is 0 Å². The van der Waals surface area contributed by atoms with Crippen LogP contribution in [0.2, 0.25) is 0 Å². The summed E-state index contributed by atoms with van der Waals surface area (Å²) in [4.78, 5) is 17.1. The van der Waals surface area contributed by atoms with Gasteiger partial charge in [0.2, 0.25) is 0 Å². The molecular formula is C17H24N2O2. The van der Waals surface area contributed by atoms with E-state index < -0.39 is 0 Å². The summed E-state index contributed by atoms with van der Waals surface area (Å²) in [5, 5.41) is 0. The van der Waals surface area contributed by atoms with E-state index in [2.05, 4.69) is 4.98 Å². The lowest BCUT2D eigenvalue weighted by atomic mass is 9.80. The summed E-state index contributed by atoms with van der Waals surface area (Å²) in [5.41, 5.74) is 9.08. The Morgan fingerprint density at radius 3 is 2.71 bits per heavy atom. The topological polar surface area (TPSA) is 65.2 Å². The molecule has 4 unspecified atom stereocenters. The molecule has 2 saturated carbocycles. The van der Waals surface area contributed by atoms with Gasteiger partial charge in [0, 0.05) is 35.7 Å². The number of nitrogens with zero attached hydrogens (tertiary/aromatic N) is 1. The molecule has 4 heteroatoms. The van der Waals surface area contributed by atoms with Crippen molar-refractivity contribution in [1.82, 2.24) is 4.98 Å². The van der Waals surface area contributed by atoms with Gasteiger partial charge in [0.15, 0.2) is 0 Å². The number of nitrogens with two attached hydrogens (primary N) is 1. The molecule has 0 amide bonds. The molecule has 2 N–H and O–H groups in total. The zero-order valence-electron chi connectivity index (χ0n) is 13.1. The Balaban J connectivity index is 1.79. The van der Waals surface area contributed by atoms with Crippen LogP contribution in [0.1, 0.15) is 36.1 Å². The summed E-state index contributed by atoms with van der Waals surface area (Å²) in [7, 11) is 1.66. The molecule has 1 heterocycles. The number of ketones is 1. The van der Waals surface area contributed by atoms with Crippen molar-refractivity contribution < 1.29 is 9.53 Å². The highest BCUT2D eigenvalue weighted by Crippen LogP contribution is 2.48. The van der Waals surface area contributed by atoms with Gasteiger partial charge in [0.25, 0.3) is 0 Å². The Bertz CT molecular complexity index is 568. The van der Waals surface area contributed by atoms with E-state index in [0.717, 1.165) is 29.0 Å². The van der Waals surface area contributed by atoms with Crippen LogP contribution in [0.4, 0.5) is 0 Å². The lowest BCUT2D eigenvalue weighted by molar-refractivity contribution is -0.124. The third-order valence-corrected chi connectivity index (χ3v) is 5.44. The molecule has 21 heavy (non-hydrogen) atoms. The SMILES string of the molecule is COc1c(C)cnc(CC(=O)C2C3CCC(C3)C2N)c1C. The first-order valence-electron chi connectivity index (χ1n) is 7.80. The number of carbonyl (C=O) groups is 1. The van der Waals surface area contributed by atoms with Crippen LogP contribution in [0.3, 0.4) is 0 Å². The number of fused-ring (bicyclic) bond motifs is 2. The highest BCUT2D eigenvalue weighted by molar-refractivity contribution is 5.85. The van der Waals surface area contributed by atoms with Crippen LogP contribution in [0.25, 0.3) is 0 Å². The van der Waals surface area contributed by atoms with Gasteiger partial charge in [-0.3, -0.25) is 9.78 Å². The van der Waals surface area contributed by atoms with Crippen LogP contribution in [0.5, 0.6) is 5.75 Å². The van der Waals surface area contributed by atoms with E-state index in [1.165, 1.54) is 12.8 Å². The monoisotopic (exact) mass is 288 g/mol. The summed E-state index contributed by atoms with van der Waals surface area (Å²) in [6, 6.07) is 0.0592. The summed E-state index contributed by atoms with van der Waals surface area (Å²) in [5.74, 6) is 2.20. The van der Waals surface area contributed by atoms with Gasteiger partial charge in [-0.15, -0.1) is 0 Å². The van der Waals surface area contributed by atoms with Crippen molar-refractivity contribution >= 4 is 5.78 Å². The molecule has 4 nitrogen and oxygen atoms in total. The zero-order valence-corrected chi connectivity index (χ0v) is 13.1. The molecule has 0 aromatic carbocycles. The molecule has 0 saturated heterocycles. The molecule has 0 radical (unpaired) electrons. The number of aromatic nitrogens is 1.